The Bertz CT molecular complexity index is 856. The highest BCUT2D eigenvalue weighted by Crippen LogP contribution is 2.28. The minimum absolute atomic E-state index is 0.0302. The van der Waals surface area contributed by atoms with Crippen LogP contribution in [0, 0.1) is 11.3 Å². The third kappa shape index (κ3) is 4.81. The molecule has 0 radical (unpaired) electrons. The molecule has 1 aliphatic carbocycles. The molecule has 140 valence electrons. The predicted molar refractivity (Wildman–Crippen MR) is 106 cm³/mol. The quantitative estimate of drug-likeness (QED) is 0.785. The number of nitrogens with one attached hydrogen (secondary N) is 1. The van der Waals surface area contributed by atoms with Crippen LogP contribution in [0.15, 0.2) is 42.5 Å². The van der Waals surface area contributed by atoms with Crippen LogP contribution in [-0.4, -0.2) is 18.1 Å². The Kier molecular flexibility index (Phi) is 6.03. The summed E-state index contributed by atoms with van der Waals surface area (Å²) in [7, 11) is 0. The van der Waals surface area contributed by atoms with E-state index in [1.165, 1.54) is 5.56 Å². The maximum absolute atomic E-state index is 12.5. The average Bonchev–Trinajstić information content (AvgIpc) is 3.08. The Morgan fingerprint density at radius 3 is 2.59 bits per heavy atom. The number of rotatable bonds is 5. The van der Waals surface area contributed by atoms with Gasteiger partial charge in [-0.1, -0.05) is 37.6 Å². The van der Waals surface area contributed by atoms with Gasteiger partial charge < -0.3 is 10.1 Å². The fraction of sp³-hybridized carbons (Fsp3) is 0.364. The molecule has 27 heavy (non-hydrogen) atoms. The third-order valence-electron chi connectivity index (χ3n) is 4.92. The van der Waals surface area contributed by atoms with Gasteiger partial charge in [0, 0.05) is 24.1 Å². The van der Waals surface area contributed by atoms with Crippen molar-refractivity contribution < 1.29 is 9.53 Å². The number of carbonyl (C=O) groups is 1. The van der Waals surface area contributed by atoms with Crippen molar-refractivity contribution in [2.24, 2.45) is 0 Å². The highest BCUT2D eigenvalue weighted by Gasteiger charge is 2.27. The lowest BCUT2D eigenvalue weighted by molar-refractivity contribution is 0.0935. The highest BCUT2D eigenvalue weighted by atomic mass is 35.5. The van der Waals surface area contributed by atoms with Crippen LogP contribution < -0.4 is 10.1 Å². The van der Waals surface area contributed by atoms with Crippen LogP contribution >= 0.6 is 11.6 Å². The summed E-state index contributed by atoms with van der Waals surface area (Å²) in [5.74, 6) is 1.06. The van der Waals surface area contributed by atoms with Crippen LogP contribution in [0.4, 0.5) is 0 Å². The van der Waals surface area contributed by atoms with E-state index in [0.717, 1.165) is 19.3 Å². The first-order valence-electron chi connectivity index (χ1n) is 9.23. The Morgan fingerprint density at radius 1 is 1.22 bits per heavy atom. The predicted octanol–water partition coefficient (Wildman–Crippen LogP) is 5.06. The topological polar surface area (TPSA) is 62.1 Å². The van der Waals surface area contributed by atoms with Crippen LogP contribution in [-0.2, 0) is 0 Å². The molecule has 1 N–H and O–H groups in total. The van der Waals surface area contributed by atoms with Crippen molar-refractivity contribution in [2.45, 2.75) is 51.2 Å². The molecule has 1 amide bonds. The maximum Gasteiger partial charge on any atom is 0.251 e. The average molecular weight is 383 g/mol. The Balaban J connectivity index is 1.54. The lowest BCUT2D eigenvalue weighted by Crippen LogP contribution is -2.33. The van der Waals surface area contributed by atoms with Crippen molar-refractivity contribution in [1.82, 2.24) is 5.32 Å². The number of nitrogens with zero attached hydrogens (tertiary/aromatic N) is 1. The molecule has 0 spiro atoms. The van der Waals surface area contributed by atoms with Crippen LogP contribution in [0.25, 0.3) is 0 Å². The molecule has 0 aromatic heterocycles. The molecule has 2 aromatic rings. The van der Waals surface area contributed by atoms with Crippen molar-refractivity contribution in [3.8, 4) is 11.8 Å². The van der Waals surface area contributed by atoms with Gasteiger partial charge in [-0.25, -0.2) is 0 Å². The van der Waals surface area contributed by atoms with E-state index in [9.17, 15) is 4.79 Å². The normalized spacial score (nSPS) is 18.9. The summed E-state index contributed by atoms with van der Waals surface area (Å²) in [5.41, 5.74) is 2.34. The third-order valence-corrected chi connectivity index (χ3v) is 5.24. The molecule has 0 aliphatic heterocycles. The van der Waals surface area contributed by atoms with Gasteiger partial charge in [-0.3, -0.25) is 4.79 Å². The molecule has 0 unspecified atom stereocenters. The van der Waals surface area contributed by atoms with E-state index in [0.29, 0.717) is 27.8 Å². The van der Waals surface area contributed by atoms with Crippen LogP contribution in [0.1, 0.15) is 60.5 Å². The van der Waals surface area contributed by atoms with E-state index < -0.39 is 0 Å². The number of halogens is 1. The van der Waals surface area contributed by atoms with Crippen LogP contribution in [0.2, 0.25) is 5.02 Å². The molecule has 1 saturated carbocycles. The van der Waals surface area contributed by atoms with E-state index in [4.69, 9.17) is 21.6 Å². The molecule has 1 fully saturated rings. The van der Waals surface area contributed by atoms with Gasteiger partial charge in [-0.05, 0) is 48.6 Å². The summed E-state index contributed by atoms with van der Waals surface area (Å²) in [6, 6.07) is 15.0. The highest BCUT2D eigenvalue weighted by molar-refractivity contribution is 6.31. The molecular weight excluding hydrogens is 360 g/mol. The molecule has 0 heterocycles. The molecule has 3 rings (SSSR count). The number of nitriles is 1. The van der Waals surface area contributed by atoms with Gasteiger partial charge in [0.1, 0.15) is 17.9 Å². The molecule has 2 aromatic carbocycles. The second-order valence-electron chi connectivity index (χ2n) is 7.25. The van der Waals surface area contributed by atoms with E-state index in [-0.39, 0.29) is 18.1 Å². The van der Waals surface area contributed by atoms with E-state index in [1.807, 2.05) is 30.3 Å². The lowest BCUT2D eigenvalue weighted by Gasteiger charge is -2.16. The van der Waals surface area contributed by atoms with Gasteiger partial charge in [-0.2, -0.15) is 5.26 Å². The molecule has 4 nitrogen and oxygen atoms in total. The van der Waals surface area contributed by atoms with E-state index in [2.05, 4.69) is 19.2 Å². The van der Waals surface area contributed by atoms with Gasteiger partial charge in [0.15, 0.2) is 0 Å². The fourth-order valence-electron chi connectivity index (χ4n) is 3.32. The number of hydrogen-bond acceptors (Lipinski definition) is 3. The Morgan fingerprint density at radius 2 is 1.96 bits per heavy atom. The van der Waals surface area contributed by atoms with Crippen molar-refractivity contribution in [3.05, 3.63) is 64.2 Å². The minimum Gasteiger partial charge on any atom is -0.490 e. The smallest absolute Gasteiger partial charge is 0.251 e. The molecule has 0 saturated heterocycles. The molecular formula is C22H23ClN2O2. The van der Waals surface area contributed by atoms with Crippen molar-refractivity contribution in [3.63, 3.8) is 0 Å². The number of benzene rings is 2. The van der Waals surface area contributed by atoms with Gasteiger partial charge in [-0.15, -0.1) is 0 Å². The first-order valence-corrected chi connectivity index (χ1v) is 9.61. The second-order valence-corrected chi connectivity index (χ2v) is 7.66. The minimum atomic E-state index is -0.0441. The summed E-state index contributed by atoms with van der Waals surface area (Å²) >= 11 is 6.05. The monoisotopic (exact) mass is 382 g/mol. The zero-order valence-electron chi connectivity index (χ0n) is 15.5. The molecule has 1 aliphatic rings. The molecule has 0 bridgehead atoms. The zero-order chi connectivity index (χ0) is 19.4. The Hall–Kier alpha value is -2.51. The van der Waals surface area contributed by atoms with Gasteiger partial charge >= 0.3 is 0 Å². The van der Waals surface area contributed by atoms with Crippen molar-refractivity contribution >= 4 is 17.5 Å². The van der Waals surface area contributed by atoms with E-state index in [1.54, 1.807) is 18.2 Å². The summed E-state index contributed by atoms with van der Waals surface area (Å²) in [6.07, 6.45) is 2.54. The van der Waals surface area contributed by atoms with Crippen LogP contribution in [0.5, 0.6) is 5.75 Å². The summed E-state index contributed by atoms with van der Waals surface area (Å²) < 4.78 is 5.97. The maximum atomic E-state index is 12.5. The first kappa shape index (κ1) is 19.3. The van der Waals surface area contributed by atoms with Gasteiger partial charge in [0.25, 0.3) is 5.91 Å². The summed E-state index contributed by atoms with van der Waals surface area (Å²) in [5, 5.41) is 12.4. The standard InChI is InChI=1S/C22H23ClN2O2/c1-14(2)15-3-5-16(6-4-15)22(26)25-18-8-10-19(11-18)27-20-9-7-17(13-24)21(23)12-20/h3-7,9,12,14,18-19H,8,10-11H2,1-2H3,(H,25,26)/t18-,19+/m1/s1. The lowest BCUT2D eigenvalue weighted by atomic mass is 10.0. The zero-order valence-corrected chi connectivity index (χ0v) is 16.3. The largest absolute Gasteiger partial charge is 0.490 e. The van der Waals surface area contributed by atoms with Gasteiger partial charge in [0.05, 0.1) is 10.6 Å². The SMILES string of the molecule is CC(C)c1ccc(C(=O)N[C@@H]2CC[C@H](Oc3ccc(C#N)c(Cl)c3)C2)cc1. The van der Waals surface area contributed by atoms with Crippen molar-refractivity contribution in [1.29, 1.82) is 5.26 Å². The number of ether oxygens (including phenoxy) is 1. The van der Waals surface area contributed by atoms with Gasteiger partial charge in [0.2, 0.25) is 0 Å². The van der Waals surface area contributed by atoms with Crippen LogP contribution in [0.3, 0.4) is 0 Å². The Labute approximate surface area is 165 Å². The van der Waals surface area contributed by atoms with Crippen molar-refractivity contribution in [2.75, 3.05) is 0 Å². The summed E-state index contributed by atoms with van der Waals surface area (Å²) in [4.78, 5) is 12.5. The number of amides is 1. The molecule has 5 heteroatoms. The fourth-order valence-corrected chi connectivity index (χ4v) is 3.53. The number of hydrogen-bond donors (Lipinski definition) is 1. The first-order chi connectivity index (χ1) is 13.0. The molecule has 2 atom stereocenters. The van der Waals surface area contributed by atoms with E-state index >= 15 is 0 Å². The summed E-state index contributed by atoms with van der Waals surface area (Å²) in [6.45, 7) is 4.27. The second kappa shape index (κ2) is 8.45. The number of carbonyl (C=O) groups excluding carboxylic acids is 1.